The molecule has 0 saturated carbocycles. The molecule has 0 spiro atoms. The number of hydrogen-bond acceptors (Lipinski definition) is 3. The van der Waals surface area contributed by atoms with E-state index in [0.717, 1.165) is 29.5 Å². The zero-order chi connectivity index (χ0) is 23.1. The van der Waals surface area contributed by atoms with Crippen LogP contribution in [0.3, 0.4) is 0 Å². The van der Waals surface area contributed by atoms with Gasteiger partial charge in [-0.1, -0.05) is 48.5 Å². The van der Waals surface area contributed by atoms with E-state index in [1.807, 2.05) is 59.5 Å². The number of benzene rings is 2. The number of carbonyl (C=O) groups excluding carboxylic acids is 2. The molecular weight excluding hydrogens is 410 g/mol. The zero-order valence-corrected chi connectivity index (χ0v) is 18.7. The lowest BCUT2D eigenvalue weighted by atomic mass is 9.73. The van der Waals surface area contributed by atoms with Gasteiger partial charge in [-0.3, -0.25) is 14.6 Å². The maximum atomic E-state index is 13.5. The van der Waals surface area contributed by atoms with Gasteiger partial charge in [0, 0.05) is 37.6 Å². The number of carbonyl (C=O) groups is 2. The normalized spacial score (nSPS) is 17.9. The molecule has 1 aliphatic rings. The second-order valence-electron chi connectivity index (χ2n) is 8.55. The van der Waals surface area contributed by atoms with E-state index in [1.165, 1.54) is 0 Å². The summed E-state index contributed by atoms with van der Waals surface area (Å²) in [4.78, 5) is 32.7. The third-order valence-corrected chi connectivity index (χ3v) is 6.31. The van der Waals surface area contributed by atoms with Gasteiger partial charge in [0.25, 0.3) is 5.91 Å². The van der Waals surface area contributed by atoms with Gasteiger partial charge in [-0.05, 0) is 60.2 Å². The fourth-order valence-electron chi connectivity index (χ4n) is 4.68. The standard InChI is InChI=1S/C28H29N3O2/c1-2-16-30-27(33)28(15-8-19-31(21-28)26(32)23-9-4-3-5-10-23)20-24-11-6-7-12-25(24)22-13-17-29-18-14-22/h2-7,9-14,17-18H,1,8,15-16,19-21H2,(H,30,33). The first kappa shape index (κ1) is 22.5. The topological polar surface area (TPSA) is 62.3 Å². The number of likely N-dealkylation sites (tertiary alicyclic amines) is 1. The Hall–Kier alpha value is -3.73. The van der Waals surface area contributed by atoms with Crippen molar-refractivity contribution in [1.82, 2.24) is 15.2 Å². The van der Waals surface area contributed by atoms with Gasteiger partial charge in [0.1, 0.15) is 0 Å². The fraction of sp³-hybridized carbons (Fsp3) is 0.250. The van der Waals surface area contributed by atoms with Crippen LogP contribution in [0.2, 0.25) is 0 Å². The third kappa shape index (κ3) is 5.03. The van der Waals surface area contributed by atoms with E-state index in [0.29, 0.717) is 31.6 Å². The number of rotatable bonds is 7. The van der Waals surface area contributed by atoms with Gasteiger partial charge in [-0.25, -0.2) is 0 Å². The first-order valence-electron chi connectivity index (χ1n) is 11.3. The third-order valence-electron chi connectivity index (χ3n) is 6.31. The molecule has 1 fully saturated rings. The quantitative estimate of drug-likeness (QED) is 0.551. The van der Waals surface area contributed by atoms with Crippen LogP contribution in [0.5, 0.6) is 0 Å². The van der Waals surface area contributed by atoms with E-state index >= 15 is 0 Å². The van der Waals surface area contributed by atoms with E-state index in [1.54, 1.807) is 18.5 Å². The van der Waals surface area contributed by atoms with Crippen LogP contribution in [-0.2, 0) is 11.2 Å². The molecule has 4 rings (SSSR count). The molecule has 1 aromatic heterocycles. The molecule has 0 bridgehead atoms. The number of aromatic nitrogens is 1. The Morgan fingerprint density at radius 2 is 1.76 bits per heavy atom. The first-order chi connectivity index (χ1) is 16.1. The van der Waals surface area contributed by atoms with Gasteiger partial charge < -0.3 is 10.2 Å². The molecular formula is C28H29N3O2. The van der Waals surface area contributed by atoms with Gasteiger partial charge in [0.05, 0.1) is 5.41 Å². The highest BCUT2D eigenvalue weighted by molar-refractivity contribution is 5.95. The van der Waals surface area contributed by atoms with Crippen LogP contribution in [-0.4, -0.2) is 41.3 Å². The summed E-state index contributed by atoms with van der Waals surface area (Å²) in [6.07, 6.45) is 7.29. The Labute approximate surface area is 195 Å². The summed E-state index contributed by atoms with van der Waals surface area (Å²) in [5.41, 5.74) is 3.18. The summed E-state index contributed by atoms with van der Waals surface area (Å²) in [5.74, 6) is -0.0592. The fourth-order valence-corrected chi connectivity index (χ4v) is 4.68. The maximum Gasteiger partial charge on any atom is 0.253 e. The molecule has 1 saturated heterocycles. The summed E-state index contributed by atoms with van der Waals surface area (Å²) in [6.45, 7) is 5.17. The lowest BCUT2D eigenvalue weighted by Gasteiger charge is -2.42. The van der Waals surface area contributed by atoms with Crippen molar-refractivity contribution in [2.24, 2.45) is 5.41 Å². The van der Waals surface area contributed by atoms with Crippen molar-refractivity contribution in [3.05, 3.63) is 103 Å². The lowest BCUT2D eigenvalue weighted by molar-refractivity contribution is -0.133. The summed E-state index contributed by atoms with van der Waals surface area (Å²) < 4.78 is 0. The number of hydrogen-bond donors (Lipinski definition) is 1. The molecule has 5 heteroatoms. The largest absolute Gasteiger partial charge is 0.352 e. The number of nitrogens with one attached hydrogen (secondary N) is 1. The Kier molecular flexibility index (Phi) is 6.98. The molecule has 1 atom stereocenters. The van der Waals surface area contributed by atoms with Crippen molar-refractivity contribution >= 4 is 11.8 Å². The minimum absolute atomic E-state index is 0.0291. The number of nitrogens with zero attached hydrogens (tertiary/aromatic N) is 2. The van der Waals surface area contributed by atoms with Gasteiger partial charge in [0.15, 0.2) is 0 Å². The molecule has 1 aliphatic heterocycles. The van der Waals surface area contributed by atoms with Crippen LogP contribution in [0.15, 0.2) is 91.8 Å². The summed E-state index contributed by atoms with van der Waals surface area (Å²) in [6, 6.07) is 21.4. The maximum absolute atomic E-state index is 13.5. The molecule has 2 heterocycles. The van der Waals surface area contributed by atoms with E-state index < -0.39 is 5.41 Å². The average molecular weight is 440 g/mol. The van der Waals surface area contributed by atoms with Crippen molar-refractivity contribution in [2.45, 2.75) is 19.3 Å². The molecule has 168 valence electrons. The minimum Gasteiger partial charge on any atom is -0.352 e. The van der Waals surface area contributed by atoms with Gasteiger partial charge in [-0.2, -0.15) is 0 Å². The molecule has 3 aromatic rings. The number of pyridine rings is 1. The summed E-state index contributed by atoms with van der Waals surface area (Å²) in [5, 5.41) is 3.02. The van der Waals surface area contributed by atoms with E-state index in [2.05, 4.69) is 29.0 Å². The smallest absolute Gasteiger partial charge is 0.253 e. The van der Waals surface area contributed by atoms with Crippen LogP contribution >= 0.6 is 0 Å². The molecule has 0 aliphatic carbocycles. The minimum atomic E-state index is -0.713. The Balaban J connectivity index is 1.68. The summed E-state index contributed by atoms with van der Waals surface area (Å²) in [7, 11) is 0. The second-order valence-corrected chi connectivity index (χ2v) is 8.55. The molecule has 33 heavy (non-hydrogen) atoms. The van der Waals surface area contributed by atoms with E-state index in [-0.39, 0.29) is 11.8 Å². The van der Waals surface area contributed by atoms with Crippen molar-refractivity contribution < 1.29 is 9.59 Å². The summed E-state index contributed by atoms with van der Waals surface area (Å²) >= 11 is 0. The van der Waals surface area contributed by atoms with Crippen molar-refractivity contribution in [3.8, 4) is 11.1 Å². The predicted molar refractivity (Wildman–Crippen MR) is 131 cm³/mol. The Morgan fingerprint density at radius 1 is 1.03 bits per heavy atom. The molecule has 1 unspecified atom stereocenters. The molecule has 1 N–H and O–H groups in total. The van der Waals surface area contributed by atoms with E-state index in [9.17, 15) is 9.59 Å². The molecule has 2 amide bonds. The van der Waals surface area contributed by atoms with Crippen molar-refractivity contribution in [2.75, 3.05) is 19.6 Å². The lowest BCUT2D eigenvalue weighted by Crippen LogP contribution is -2.54. The highest BCUT2D eigenvalue weighted by atomic mass is 16.2. The average Bonchev–Trinajstić information content (AvgIpc) is 2.88. The Bertz CT molecular complexity index is 1110. The van der Waals surface area contributed by atoms with Crippen LogP contribution in [0.4, 0.5) is 0 Å². The van der Waals surface area contributed by atoms with Gasteiger partial charge in [0.2, 0.25) is 5.91 Å². The van der Waals surface area contributed by atoms with Crippen LogP contribution < -0.4 is 5.32 Å². The van der Waals surface area contributed by atoms with Crippen LogP contribution in [0.25, 0.3) is 11.1 Å². The van der Waals surface area contributed by atoms with Gasteiger partial charge >= 0.3 is 0 Å². The van der Waals surface area contributed by atoms with Crippen molar-refractivity contribution in [3.63, 3.8) is 0 Å². The van der Waals surface area contributed by atoms with Gasteiger partial charge in [-0.15, -0.1) is 6.58 Å². The van der Waals surface area contributed by atoms with Crippen molar-refractivity contribution in [1.29, 1.82) is 0 Å². The monoisotopic (exact) mass is 439 g/mol. The van der Waals surface area contributed by atoms with Crippen LogP contribution in [0, 0.1) is 5.41 Å². The Morgan fingerprint density at radius 3 is 2.52 bits per heavy atom. The molecule has 5 nitrogen and oxygen atoms in total. The first-order valence-corrected chi connectivity index (χ1v) is 11.3. The zero-order valence-electron chi connectivity index (χ0n) is 18.7. The molecule has 0 radical (unpaired) electrons. The number of piperidine rings is 1. The number of amides is 2. The highest BCUT2D eigenvalue weighted by Gasteiger charge is 2.43. The predicted octanol–water partition coefficient (Wildman–Crippen LogP) is 4.52. The second kappa shape index (κ2) is 10.3. The highest BCUT2D eigenvalue weighted by Crippen LogP contribution is 2.37. The van der Waals surface area contributed by atoms with Crippen LogP contribution in [0.1, 0.15) is 28.8 Å². The van der Waals surface area contributed by atoms with E-state index in [4.69, 9.17) is 0 Å². The molecule has 2 aromatic carbocycles. The SMILES string of the molecule is C=CCNC(=O)C1(Cc2ccccc2-c2ccncc2)CCCN(C(=O)c2ccccc2)C1.